The highest BCUT2D eigenvalue weighted by Crippen LogP contribution is 2.43. The van der Waals surface area contributed by atoms with Gasteiger partial charge in [-0.3, -0.25) is 14.6 Å². The molecule has 3 heterocycles. The van der Waals surface area contributed by atoms with Crippen molar-refractivity contribution in [2.75, 3.05) is 26.4 Å². The van der Waals surface area contributed by atoms with Gasteiger partial charge in [0.25, 0.3) is 0 Å². The van der Waals surface area contributed by atoms with Crippen LogP contribution in [0.25, 0.3) is 0 Å². The lowest BCUT2D eigenvalue weighted by Crippen LogP contribution is -2.30. The van der Waals surface area contributed by atoms with Gasteiger partial charge in [0.2, 0.25) is 0 Å². The van der Waals surface area contributed by atoms with Crippen LogP contribution in [0, 0.1) is 34.5 Å². The van der Waals surface area contributed by atoms with Gasteiger partial charge in [0.1, 0.15) is 19.0 Å². The van der Waals surface area contributed by atoms with Crippen molar-refractivity contribution in [1.82, 2.24) is 4.98 Å². The number of rotatable bonds is 17. The summed E-state index contributed by atoms with van der Waals surface area (Å²) in [5.74, 6) is -0.689. The van der Waals surface area contributed by atoms with E-state index in [0.29, 0.717) is 55.6 Å². The summed E-state index contributed by atoms with van der Waals surface area (Å²) in [7, 11) is 0. The molecule has 6 rings (SSSR count). The van der Waals surface area contributed by atoms with Crippen LogP contribution in [-0.2, 0) is 38.0 Å². The van der Waals surface area contributed by atoms with Crippen LogP contribution in [0.3, 0.4) is 0 Å². The first-order valence-corrected chi connectivity index (χ1v) is 19.7. The molecule has 6 atom stereocenters. The molecule has 0 radical (unpaired) electrons. The number of para-hydroxylation sites is 1. The molecule has 1 aromatic heterocycles. The van der Waals surface area contributed by atoms with Crippen LogP contribution in [0.4, 0.5) is 0 Å². The molecule has 2 aliphatic rings. The number of allylic oxidation sites excluding steroid dienone is 4. The molecule has 3 aromatic carbocycles. The van der Waals surface area contributed by atoms with Crippen LogP contribution < -0.4 is 0 Å². The van der Waals surface area contributed by atoms with Crippen LogP contribution in [0.15, 0.2) is 122 Å². The number of phenolic OH excluding ortho intramolecular Hbond substituents is 1. The minimum absolute atomic E-state index is 0.0209. The number of carbonyl (C=O) groups excluding carboxylic acids is 2. The molecule has 59 heavy (non-hydrogen) atoms. The van der Waals surface area contributed by atoms with Gasteiger partial charge in [-0.1, -0.05) is 72.8 Å². The average molecular weight is 798 g/mol. The Morgan fingerprint density at radius 3 is 1.71 bits per heavy atom. The highest BCUT2D eigenvalue weighted by molar-refractivity contribution is 5.70. The Balaban J connectivity index is 0.860. The quantitative estimate of drug-likeness (QED) is 0.0614. The van der Waals surface area contributed by atoms with Gasteiger partial charge in [0.05, 0.1) is 48.7 Å². The zero-order valence-electron chi connectivity index (χ0n) is 32.6. The molecule has 2 saturated heterocycles. The molecular weight excluding hydrogens is 751 g/mol. The van der Waals surface area contributed by atoms with Gasteiger partial charge in [-0.25, -0.2) is 0 Å². The number of nitrogens with zero attached hydrogens (tertiary/aromatic N) is 3. The van der Waals surface area contributed by atoms with Gasteiger partial charge in [0, 0.05) is 53.8 Å². The molecule has 0 spiro atoms. The largest absolute Gasteiger partial charge is 0.508 e. The highest BCUT2D eigenvalue weighted by Gasteiger charge is 2.35. The molecule has 2 aliphatic heterocycles. The van der Waals surface area contributed by atoms with E-state index in [1.54, 1.807) is 60.9 Å². The van der Waals surface area contributed by atoms with Gasteiger partial charge in [-0.15, -0.1) is 0 Å². The van der Waals surface area contributed by atoms with Crippen molar-refractivity contribution in [3.05, 3.63) is 155 Å². The van der Waals surface area contributed by atoms with E-state index in [-0.39, 0.29) is 55.7 Å². The summed E-state index contributed by atoms with van der Waals surface area (Å²) >= 11 is 0. The Bertz CT molecular complexity index is 2110. The summed E-state index contributed by atoms with van der Waals surface area (Å²) in [5.41, 5.74) is 4.35. The van der Waals surface area contributed by atoms with Crippen molar-refractivity contribution < 1.29 is 43.1 Å². The fourth-order valence-electron chi connectivity index (χ4n) is 6.91. The standard InChI is InChI=1S/C47H47N3O9/c48-28-33-17-21-35(22-18-33)46-56-31-38(44(58-46)37-12-9-25-50-30-37)10-3-1-5-15-42(52)54-26-27-55-43(53)16-6-2-4-11-39-32-57-47(36-23-19-34(29-49)20-24-36)59-45(39)40-13-7-8-14-41(40)51/h1-4,7-9,12-14,17-25,30,38-39,44-47,51H,5-6,10-11,15-16,26-27,31-32H2/b3-1-,4-2-/t38-,39-,44-,45+,46+,47+/m1/s1. The number of aromatic nitrogens is 1. The minimum Gasteiger partial charge on any atom is -0.508 e. The van der Waals surface area contributed by atoms with E-state index >= 15 is 0 Å². The summed E-state index contributed by atoms with van der Waals surface area (Å²) in [6, 6.07) is 29.4. The minimum atomic E-state index is -0.647. The summed E-state index contributed by atoms with van der Waals surface area (Å²) in [4.78, 5) is 28.9. The topological polar surface area (TPSA) is 170 Å². The zero-order valence-corrected chi connectivity index (χ0v) is 32.6. The monoisotopic (exact) mass is 797 g/mol. The lowest BCUT2D eigenvalue weighted by atomic mass is 9.91. The first kappa shape index (κ1) is 42.5. The first-order chi connectivity index (χ1) is 28.9. The highest BCUT2D eigenvalue weighted by atomic mass is 16.7. The smallest absolute Gasteiger partial charge is 0.306 e. The fraction of sp³-hybridized carbons (Fsp3) is 0.340. The van der Waals surface area contributed by atoms with Crippen molar-refractivity contribution in [2.45, 2.75) is 63.3 Å². The number of hydrogen-bond donors (Lipinski definition) is 1. The molecule has 0 unspecified atom stereocenters. The molecule has 0 bridgehead atoms. The van der Waals surface area contributed by atoms with Crippen LogP contribution in [0.2, 0.25) is 0 Å². The third-order valence-corrected chi connectivity index (χ3v) is 10.1. The third-order valence-electron chi connectivity index (χ3n) is 10.1. The number of hydrogen-bond acceptors (Lipinski definition) is 12. The van der Waals surface area contributed by atoms with Crippen molar-refractivity contribution in [3.63, 3.8) is 0 Å². The molecule has 0 saturated carbocycles. The van der Waals surface area contributed by atoms with Crippen molar-refractivity contribution in [3.8, 4) is 17.9 Å². The van der Waals surface area contributed by atoms with E-state index in [2.05, 4.69) is 17.1 Å². The summed E-state index contributed by atoms with van der Waals surface area (Å²) in [5, 5.41) is 28.9. The van der Waals surface area contributed by atoms with E-state index in [9.17, 15) is 14.7 Å². The molecule has 12 heteroatoms. The molecular formula is C47H47N3O9. The summed E-state index contributed by atoms with van der Waals surface area (Å²) in [6.45, 7) is 0.797. The number of phenols is 1. The number of nitriles is 2. The zero-order chi connectivity index (χ0) is 41.2. The second-order valence-corrected chi connectivity index (χ2v) is 14.2. The van der Waals surface area contributed by atoms with E-state index in [0.717, 1.165) is 16.7 Å². The van der Waals surface area contributed by atoms with E-state index in [1.807, 2.05) is 60.7 Å². The first-order valence-electron chi connectivity index (χ1n) is 19.7. The Morgan fingerprint density at radius 2 is 1.20 bits per heavy atom. The Labute approximate surface area is 344 Å². The van der Waals surface area contributed by atoms with Gasteiger partial charge < -0.3 is 33.5 Å². The number of benzene rings is 3. The maximum atomic E-state index is 12.3. The maximum absolute atomic E-state index is 12.3. The lowest BCUT2D eigenvalue weighted by Gasteiger charge is -2.37. The lowest BCUT2D eigenvalue weighted by molar-refractivity contribution is -0.244. The van der Waals surface area contributed by atoms with Gasteiger partial charge in [0.15, 0.2) is 12.6 Å². The molecule has 2 fully saturated rings. The van der Waals surface area contributed by atoms with Crippen LogP contribution in [0.1, 0.15) is 96.7 Å². The molecule has 0 amide bonds. The maximum Gasteiger partial charge on any atom is 0.306 e. The molecule has 4 aromatic rings. The van der Waals surface area contributed by atoms with E-state index in [1.165, 1.54) is 0 Å². The van der Waals surface area contributed by atoms with Crippen LogP contribution in [-0.4, -0.2) is 48.5 Å². The Hall–Kier alpha value is -6.15. The summed E-state index contributed by atoms with van der Waals surface area (Å²) in [6.07, 6.45) is 12.0. The van der Waals surface area contributed by atoms with E-state index < -0.39 is 24.7 Å². The number of ether oxygens (including phenoxy) is 6. The SMILES string of the molecule is N#Cc1ccc([C@H]2OC[C@@H](C/C=C\CCC(=O)OCCOC(=O)CC/C=C\C[C@@H]3CO[C@H](c4ccc(C#N)cc4)O[C@@H]3c3ccccc3O)[C@@H](c3cccnc3)O2)cc1. The normalized spacial score (nSPS) is 21.7. The van der Waals surface area contributed by atoms with Crippen molar-refractivity contribution in [1.29, 1.82) is 10.5 Å². The van der Waals surface area contributed by atoms with Crippen molar-refractivity contribution >= 4 is 11.9 Å². The second kappa shape index (κ2) is 22.1. The van der Waals surface area contributed by atoms with Crippen LogP contribution >= 0.6 is 0 Å². The molecule has 1 N–H and O–H groups in total. The molecule has 12 nitrogen and oxygen atoms in total. The summed E-state index contributed by atoms with van der Waals surface area (Å²) < 4.78 is 35.4. The second-order valence-electron chi connectivity index (χ2n) is 14.2. The molecule has 0 aliphatic carbocycles. The number of pyridine rings is 1. The third kappa shape index (κ3) is 12.4. The number of aromatic hydroxyl groups is 1. The Kier molecular flexibility index (Phi) is 15.9. The predicted octanol–water partition coefficient (Wildman–Crippen LogP) is 8.58. The Morgan fingerprint density at radius 1 is 0.678 bits per heavy atom. The van der Waals surface area contributed by atoms with E-state index in [4.69, 9.17) is 38.9 Å². The van der Waals surface area contributed by atoms with Gasteiger partial charge in [-0.2, -0.15) is 10.5 Å². The molecule has 304 valence electrons. The van der Waals surface area contributed by atoms with Gasteiger partial charge >= 0.3 is 11.9 Å². The van der Waals surface area contributed by atoms with Crippen molar-refractivity contribution in [2.24, 2.45) is 11.8 Å². The number of carbonyl (C=O) groups is 2. The fourth-order valence-corrected chi connectivity index (χ4v) is 6.91. The average Bonchev–Trinajstić information content (AvgIpc) is 3.28. The predicted molar refractivity (Wildman–Crippen MR) is 215 cm³/mol. The van der Waals surface area contributed by atoms with Gasteiger partial charge in [-0.05, 0) is 67.6 Å². The number of esters is 2. The van der Waals surface area contributed by atoms with Crippen LogP contribution in [0.5, 0.6) is 5.75 Å².